The van der Waals surface area contributed by atoms with Crippen molar-refractivity contribution in [2.24, 2.45) is 16.8 Å². The molecule has 0 amide bonds. The van der Waals surface area contributed by atoms with Gasteiger partial charge in [0.15, 0.2) is 0 Å². The molecule has 0 radical (unpaired) electrons. The Morgan fingerprint density at radius 3 is 2.63 bits per heavy atom. The number of nitrogens with one attached hydrogen (secondary N) is 1. The Balaban J connectivity index is 1.55. The predicted molar refractivity (Wildman–Crippen MR) is 168 cm³/mol. The number of ether oxygens (including phenoxy) is 1. The van der Waals surface area contributed by atoms with Gasteiger partial charge in [-0.25, -0.2) is 0 Å². The number of rotatable bonds is 11. The van der Waals surface area contributed by atoms with E-state index in [0.717, 1.165) is 67.9 Å². The zero-order valence-electron chi connectivity index (χ0n) is 25.4. The van der Waals surface area contributed by atoms with Crippen LogP contribution in [0.4, 0.5) is 0 Å². The minimum absolute atomic E-state index is 0.00565. The van der Waals surface area contributed by atoms with Crippen LogP contribution in [-0.2, 0) is 6.42 Å². The van der Waals surface area contributed by atoms with Gasteiger partial charge in [-0.3, -0.25) is 4.99 Å². The molecule has 2 atom stereocenters. The number of fused-ring (bicyclic) bond motifs is 1. The van der Waals surface area contributed by atoms with Crippen LogP contribution in [0.25, 0.3) is 5.57 Å². The monoisotopic (exact) mass is 554 g/mol. The second-order valence-corrected chi connectivity index (χ2v) is 11.8. The van der Waals surface area contributed by atoms with E-state index in [-0.39, 0.29) is 24.7 Å². The molecule has 2 aliphatic rings. The molecule has 1 saturated heterocycles. The van der Waals surface area contributed by atoms with Gasteiger partial charge in [0.2, 0.25) is 0 Å². The topological polar surface area (TPSA) is 80.9 Å². The lowest BCUT2D eigenvalue weighted by molar-refractivity contribution is 0.145. The van der Waals surface area contributed by atoms with Crippen molar-refractivity contribution >= 4 is 11.3 Å². The van der Waals surface area contributed by atoms with E-state index in [1.54, 1.807) is 0 Å². The summed E-state index contributed by atoms with van der Waals surface area (Å²) in [5.41, 5.74) is 7.57. The smallest absolute Gasteiger partial charge is 0.137 e. The lowest BCUT2D eigenvalue weighted by Crippen LogP contribution is -2.39. The molecule has 0 spiro atoms. The van der Waals surface area contributed by atoms with Crippen molar-refractivity contribution < 1.29 is 9.84 Å². The maximum atomic E-state index is 9.76. The fourth-order valence-electron chi connectivity index (χ4n) is 5.90. The summed E-state index contributed by atoms with van der Waals surface area (Å²) in [7, 11) is 0. The molecule has 1 aliphatic carbocycles. The van der Waals surface area contributed by atoms with Crippen LogP contribution < -0.4 is 10.1 Å². The van der Waals surface area contributed by atoms with E-state index < -0.39 is 0 Å². The zero-order valence-corrected chi connectivity index (χ0v) is 25.4. The Morgan fingerprint density at radius 2 is 1.98 bits per heavy atom. The summed E-state index contributed by atoms with van der Waals surface area (Å²) in [6, 6.07) is 14.9. The van der Waals surface area contributed by atoms with Gasteiger partial charge < -0.3 is 20.1 Å². The van der Waals surface area contributed by atoms with Crippen LogP contribution in [0, 0.1) is 23.2 Å². The van der Waals surface area contributed by atoms with Gasteiger partial charge >= 0.3 is 0 Å². The van der Waals surface area contributed by atoms with Gasteiger partial charge in [-0.15, -0.1) is 0 Å². The van der Waals surface area contributed by atoms with Gasteiger partial charge in [-0.1, -0.05) is 38.6 Å². The second kappa shape index (κ2) is 13.9. The molecule has 0 saturated carbocycles. The molecule has 2 aromatic carbocycles. The minimum Gasteiger partial charge on any atom is -0.490 e. The Labute approximate surface area is 246 Å². The summed E-state index contributed by atoms with van der Waals surface area (Å²) in [5, 5.41) is 22.9. The van der Waals surface area contributed by atoms with E-state index in [1.807, 2.05) is 38.2 Å². The van der Waals surface area contributed by atoms with Crippen LogP contribution >= 0.6 is 0 Å². The van der Waals surface area contributed by atoms with Gasteiger partial charge in [0.1, 0.15) is 11.8 Å². The van der Waals surface area contributed by atoms with E-state index in [1.165, 1.54) is 16.7 Å². The standard InChI is InChI=1S/C35H46N4O2/c1-7-24(4)35(28-11-14-34(41-23(2)3)29(19-28)20-36)37-21-25(5)30-9-8-10-32-31(30)12-13-33(32)38-26(6)39-17-15-27(22-40)16-18-39/h8-11,14,19,21,23-24,27,33,38,40H,6-7,12-13,15-18,22H2,1-5H3/b25-21+,37-35?. The highest BCUT2D eigenvalue weighted by molar-refractivity contribution is 6.03. The first-order chi connectivity index (χ1) is 19.7. The Hall–Kier alpha value is -3.56. The average Bonchev–Trinajstić information content (AvgIpc) is 3.39. The summed E-state index contributed by atoms with van der Waals surface area (Å²) < 4.78 is 5.84. The van der Waals surface area contributed by atoms with Crippen molar-refractivity contribution in [3.05, 3.63) is 82.8 Å². The number of hydrogen-bond acceptors (Lipinski definition) is 6. The second-order valence-electron chi connectivity index (χ2n) is 11.8. The van der Waals surface area contributed by atoms with Gasteiger partial charge in [0.05, 0.1) is 29.2 Å². The fourth-order valence-corrected chi connectivity index (χ4v) is 5.90. The van der Waals surface area contributed by atoms with Crippen molar-refractivity contribution in [3.8, 4) is 11.8 Å². The van der Waals surface area contributed by atoms with E-state index in [0.29, 0.717) is 17.2 Å². The molecule has 6 heteroatoms. The highest BCUT2D eigenvalue weighted by Gasteiger charge is 2.27. The van der Waals surface area contributed by atoms with Crippen molar-refractivity contribution in [1.29, 1.82) is 5.26 Å². The largest absolute Gasteiger partial charge is 0.490 e. The Bertz CT molecular complexity index is 1330. The first-order valence-corrected chi connectivity index (χ1v) is 15.1. The SMILES string of the molecule is C=C(NC1CCc2c(/C(C)=C/N=C(c3ccc(OC(C)C)c(C#N)c3)C(C)CC)cccc21)N1CCC(CO)CC1. The molecule has 1 fully saturated rings. The van der Waals surface area contributed by atoms with E-state index in [2.05, 4.69) is 61.8 Å². The van der Waals surface area contributed by atoms with Crippen molar-refractivity contribution in [2.75, 3.05) is 19.7 Å². The van der Waals surface area contributed by atoms with Crippen LogP contribution in [-0.4, -0.2) is 41.5 Å². The molecular weight excluding hydrogens is 508 g/mol. The summed E-state index contributed by atoms with van der Waals surface area (Å²) in [6.45, 7) is 16.9. The third-order valence-electron chi connectivity index (χ3n) is 8.53. The number of hydrogen-bond donors (Lipinski definition) is 2. The number of nitrogens with zero attached hydrogens (tertiary/aromatic N) is 3. The summed E-state index contributed by atoms with van der Waals surface area (Å²) in [6.07, 6.45) is 7.03. The molecular formula is C35H46N4O2. The number of aliphatic hydroxyl groups excluding tert-OH is 1. The van der Waals surface area contributed by atoms with Crippen LogP contribution in [0.15, 0.2) is 60.0 Å². The van der Waals surface area contributed by atoms with E-state index in [9.17, 15) is 10.4 Å². The van der Waals surface area contributed by atoms with Crippen LogP contribution in [0.3, 0.4) is 0 Å². The van der Waals surface area contributed by atoms with Gasteiger partial charge in [-0.2, -0.15) is 5.26 Å². The number of aliphatic hydroxyl groups is 1. The Morgan fingerprint density at radius 1 is 1.22 bits per heavy atom. The Kier molecular flexibility index (Phi) is 10.3. The molecule has 0 bridgehead atoms. The maximum Gasteiger partial charge on any atom is 0.137 e. The van der Waals surface area contributed by atoms with Crippen LogP contribution in [0.1, 0.15) is 94.2 Å². The lowest BCUT2D eigenvalue weighted by atomic mass is 9.94. The number of benzene rings is 2. The lowest BCUT2D eigenvalue weighted by Gasteiger charge is -2.35. The van der Waals surface area contributed by atoms with Crippen molar-refractivity contribution in [2.45, 2.75) is 78.9 Å². The van der Waals surface area contributed by atoms with Crippen LogP contribution in [0.2, 0.25) is 0 Å². The minimum atomic E-state index is 0.00565. The number of piperidine rings is 1. The summed E-state index contributed by atoms with van der Waals surface area (Å²) in [5.74, 6) is 2.26. The first kappa shape index (κ1) is 30.4. The first-order valence-electron chi connectivity index (χ1n) is 15.1. The van der Waals surface area contributed by atoms with Crippen molar-refractivity contribution in [3.63, 3.8) is 0 Å². The number of likely N-dealkylation sites (tertiary alicyclic amines) is 1. The van der Waals surface area contributed by atoms with Gasteiger partial charge in [0, 0.05) is 25.9 Å². The summed E-state index contributed by atoms with van der Waals surface area (Å²) in [4.78, 5) is 7.35. The van der Waals surface area contributed by atoms with Gasteiger partial charge in [0.25, 0.3) is 0 Å². The van der Waals surface area contributed by atoms with Crippen molar-refractivity contribution in [1.82, 2.24) is 10.2 Å². The molecule has 1 heterocycles. The molecule has 0 aromatic heterocycles. The predicted octanol–water partition coefficient (Wildman–Crippen LogP) is 6.99. The average molecular weight is 555 g/mol. The highest BCUT2D eigenvalue weighted by atomic mass is 16.5. The van der Waals surface area contributed by atoms with E-state index in [4.69, 9.17) is 9.73 Å². The molecule has 1 aliphatic heterocycles. The molecule has 6 nitrogen and oxygen atoms in total. The fraction of sp³-hybridized carbons (Fsp3) is 0.486. The van der Waals surface area contributed by atoms with E-state index >= 15 is 0 Å². The van der Waals surface area contributed by atoms with Gasteiger partial charge in [-0.05, 0) is 111 Å². The zero-order chi connectivity index (χ0) is 29.5. The molecule has 2 unspecified atom stereocenters. The number of nitriles is 1. The molecule has 2 N–H and O–H groups in total. The van der Waals surface area contributed by atoms with Crippen LogP contribution in [0.5, 0.6) is 5.75 Å². The maximum absolute atomic E-state index is 9.76. The molecule has 2 aromatic rings. The molecule has 41 heavy (non-hydrogen) atoms. The quantitative estimate of drug-likeness (QED) is 0.293. The molecule has 4 rings (SSSR count). The third kappa shape index (κ3) is 7.21. The highest BCUT2D eigenvalue weighted by Crippen LogP contribution is 2.37. The summed E-state index contributed by atoms with van der Waals surface area (Å²) >= 11 is 0. The number of aliphatic imine (C=N–C) groups is 1. The third-order valence-corrected chi connectivity index (χ3v) is 8.53. The number of allylic oxidation sites excluding steroid dienone is 1. The molecule has 218 valence electrons. The normalized spacial score (nSPS) is 18.7.